The van der Waals surface area contributed by atoms with E-state index in [4.69, 9.17) is 5.73 Å². The van der Waals surface area contributed by atoms with Gasteiger partial charge >= 0.3 is 0 Å². The van der Waals surface area contributed by atoms with E-state index in [1.165, 1.54) is 0 Å². The van der Waals surface area contributed by atoms with Gasteiger partial charge in [0.25, 0.3) is 0 Å². The number of aryl methyl sites for hydroxylation is 1. The molecule has 0 radical (unpaired) electrons. The predicted molar refractivity (Wildman–Crippen MR) is 137 cm³/mol. The van der Waals surface area contributed by atoms with E-state index in [0.717, 1.165) is 32.2 Å². The van der Waals surface area contributed by atoms with Gasteiger partial charge in [-0.3, -0.25) is 9.59 Å². The Morgan fingerprint density at radius 1 is 0.909 bits per heavy atom. The quantitative estimate of drug-likeness (QED) is 0.283. The van der Waals surface area contributed by atoms with Crippen molar-refractivity contribution in [2.45, 2.75) is 33.2 Å². The van der Waals surface area contributed by atoms with E-state index >= 15 is 0 Å². The summed E-state index contributed by atoms with van der Waals surface area (Å²) in [5.41, 5.74) is 9.46. The van der Waals surface area contributed by atoms with Crippen LogP contribution < -0.4 is 5.73 Å². The highest BCUT2D eigenvalue weighted by atomic mass is 79.9. The summed E-state index contributed by atoms with van der Waals surface area (Å²) in [6.45, 7) is 4.05. The monoisotopic (exact) mass is 502 g/mol. The molecule has 5 heteroatoms. The second-order valence-electron chi connectivity index (χ2n) is 8.99. The summed E-state index contributed by atoms with van der Waals surface area (Å²) in [5.74, 6) is -0.289. The minimum Gasteiger partial charge on any atom is -0.369 e. The van der Waals surface area contributed by atoms with Crippen LogP contribution in [0, 0.1) is 5.41 Å². The molecule has 4 rings (SSSR count). The van der Waals surface area contributed by atoms with Crippen LogP contribution in [-0.2, 0) is 17.8 Å². The average Bonchev–Trinajstić information content (AvgIpc) is 3.12. The third-order valence-corrected chi connectivity index (χ3v) is 6.60. The fraction of sp³-hybridized carbons (Fsp3) is 0.214. The second-order valence-corrected chi connectivity index (χ2v) is 9.91. The summed E-state index contributed by atoms with van der Waals surface area (Å²) in [4.78, 5) is 25.9. The number of aromatic nitrogens is 1. The lowest BCUT2D eigenvalue weighted by Crippen LogP contribution is -2.35. The van der Waals surface area contributed by atoms with E-state index in [0.29, 0.717) is 24.9 Å². The number of carbonyl (C=O) groups is 2. The van der Waals surface area contributed by atoms with Crippen molar-refractivity contribution in [3.8, 4) is 11.3 Å². The molecule has 0 atom stereocenters. The predicted octanol–water partition coefficient (Wildman–Crippen LogP) is 6.40. The molecule has 0 unspecified atom stereocenters. The maximum Gasteiger partial charge on any atom is 0.224 e. The molecule has 1 heterocycles. The molecule has 2 N–H and O–H groups in total. The molecule has 1 aromatic heterocycles. The van der Waals surface area contributed by atoms with Crippen molar-refractivity contribution in [1.29, 1.82) is 0 Å². The molecule has 0 aliphatic carbocycles. The molecule has 4 aromatic rings. The zero-order valence-electron chi connectivity index (χ0n) is 18.8. The summed E-state index contributed by atoms with van der Waals surface area (Å²) < 4.78 is 3.04. The molecule has 0 saturated heterocycles. The second kappa shape index (κ2) is 9.36. The van der Waals surface area contributed by atoms with Crippen molar-refractivity contribution in [2.24, 2.45) is 11.1 Å². The third-order valence-electron chi connectivity index (χ3n) is 6.07. The van der Waals surface area contributed by atoms with Crippen molar-refractivity contribution < 1.29 is 9.59 Å². The number of fused-ring (bicyclic) bond motifs is 1. The van der Waals surface area contributed by atoms with Crippen LogP contribution in [0.4, 0.5) is 0 Å². The zero-order valence-corrected chi connectivity index (χ0v) is 20.4. The number of rotatable bonds is 8. The van der Waals surface area contributed by atoms with E-state index in [9.17, 15) is 9.59 Å². The third kappa shape index (κ3) is 4.79. The number of primary amides is 1. The Morgan fingerprint density at radius 3 is 2.21 bits per heavy atom. The molecule has 3 aromatic carbocycles. The van der Waals surface area contributed by atoms with Crippen LogP contribution in [0.25, 0.3) is 22.2 Å². The van der Waals surface area contributed by atoms with Crippen molar-refractivity contribution in [3.05, 3.63) is 94.5 Å². The molecule has 33 heavy (non-hydrogen) atoms. The van der Waals surface area contributed by atoms with Gasteiger partial charge in [-0.1, -0.05) is 76.6 Å². The lowest BCUT2D eigenvalue weighted by atomic mass is 9.92. The fourth-order valence-electron chi connectivity index (χ4n) is 4.16. The Balaban J connectivity index is 1.89. The van der Waals surface area contributed by atoms with Gasteiger partial charge in [0.1, 0.15) is 0 Å². The molecule has 0 saturated carbocycles. The minimum absolute atomic E-state index is 0.0867. The van der Waals surface area contributed by atoms with Crippen LogP contribution in [0.3, 0.4) is 0 Å². The van der Waals surface area contributed by atoms with Crippen molar-refractivity contribution >= 4 is 38.5 Å². The van der Waals surface area contributed by atoms with E-state index in [2.05, 4.69) is 20.5 Å². The minimum atomic E-state index is -0.781. The smallest absolute Gasteiger partial charge is 0.224 e. The Labute approximate surface area is 202 Å². The van der Waals surface area contributed by atoms with Gasteiger partial charge in [0, 0.05) is 28.3 Å². The van der Waals surface area contributed by atoms with Crippen LogP contribution in [0.15, 0.2) is 83.3 Å². The Morgan fingerprint density at radius 2 is 1.55 bits per heavy atom. The van der Waals surface area contributed by atoms with Gasteiger partial charge in [0.15, 0.2) is 5.78 Å². The number of amides is 1. The molecular weight excluding hydrogens is 476 g/mol. The van der Waals surface area contributed by atoms with Crippen LogP contribution in [-0.4, -0.2) is 16.3 Å². The Kier molecular flexibility index (Phi) is 6.52. The summed E-state index contributed by atoms with van der Waals surface area (Å²) >= 11 is 3.50. The lowest BCUT2D eigenvalue weighted by molar-refractivity contribution is -0.126. The summed E-state index contributed by atoms with van der Waals surface area (Å²) in [5, 5.41) is 0.897. The SMILES string of the molecule is CC(C)(Cn1c(-c2ccc(Br)cc2)c(C(=O)CCc2ccccc2)c2ccccc21)C(N)=O. The fourth-order valence-corrected chi connectivity index (χ4v) is 4.42. The number of para-hydroxylation sites is 1. The maximum atomic E-state index is 13.7. The van der Waals surface area contributed by atoms with Gasteiger partial charge < -0.3 is 10.3 Å². The van der Waals surface area contributed by atoms with Gasteiger partial charge in [-0.05, 0) is 49.6 Å². The molecule has 4 nitrogen and oxygen atoms in total. The van der Waals surface area contributed by atoms with Crippen molar-refractivity contribution in [2.75, 3.05) is 0 Å². The number of Topliss-reactive ketones (excluding diaryl/α,β-unsaturated/α-hetero) is 1. The largest absolute Gasteiger partial charge is 0.369 e. The summed E-state index contributed by atoms with van der Waals surface area (Å²) in [7, 11) is 0. The number of hydrogen-bond donors (Lipinski definition) is 1. The molecular formula is C28H27BrN2O2. The molecule has 0 spiro atoms. The normalized spacial score (nSPS) is 11.6. The number of halogens is 1. The summed E-state index contributed by atoms with van der Waals surface area (Å²) in [6.07, 6.45) is 1.08. The van der Waals surface area contributed by atoms with Crippen LogP contribution in [0.5, 0.6) is 0 Å². The molecule has 0 fully saturated rings. The first kappa shape index (κ1) is 23.0. The van der Waals surface area contributed by atoms with E-state index in [1.54, 1.807) is 0 Å². The Hall–Kier alpha value is -3.18. The number of nitrogens with two attached hydrogens (primary N) is 1. The first-order valence-corrected chi connectivity index (χ1v) is 11.8. The summed E-state index contributed by atoms with van der Waals surface area (Å²) in [6, 6.07) is 25.9. The molecule has 0 aliphatic rings. The van der Waals surface area contributed by atoms with Crippen LogP contribution in [0.1, 0.15) is 36.2 Å². The maximum absolute atomic E-state index is 13.7. The van der Waals surface area contributed by atoms with E-state index < -0.39 is 5.41 Å². The lowest BCUT2D eigenvalue weighted by Gasteiger charge is -2.24. The highest BCUT2D eigenvalue weighted by Crippen LogP contribution is 2.37. The van der Waals surface area contributed by atoms with Gasteiger partial charge in [0.2, 0.25) is 5.91 Å². The van der Waals surface area contributed by atoms with Gasteiger partial charge in [-0.15, -0.1) is 0 Å². The van der Waals surface area contributed by atoms with Gasteiger partial charge in [-0.2, -0.15) is 0 Å². The number of nitrogens with zero attached hydrogens (tertiary/aromatic N) is 1. The van der Waals surface area contributed by atoms with E-state index in [-0.39, 0.29) is 11.7 Å². The van der Waals surface area contributed by atoms with Crippen molar-refractivity contribution in [3.63, 3.8) is 0 Å². The molecule has 0 aliphatic heterocycles. The standard InChI is InChI=1S/C28H27BrN2O2/c1-28(2,27(30)33)18-31-23-11-7-6-10-22(23)25(26(31)20-13-15-21(29)16-14-20)24(32)17-12-19-8-4-3-5-9-19/h3-11,13-16H,12,17-18H2,1-2H3,(H2,30,33). The van der Waals surface area contributed by atoms with Crippen LogP contribution in [0.2, 0.25) is 0 Å². The first-order chi connectivity index (χ1) is 15.8. The Bertz CT molecular complexity index is 1310. The average molecular weight is 503 g/mol. The number of benzene rings is 3. The van der Waals surface area contributed by atoms with E-state index in [1.807, 2.05) is 92.7 Å². The number of ketones is 1. The first-order valence-electron chi connectivity index (χ1n) is 11.0. The van der Waals surface area contributed by atoms with Crippen molar-refractivity contribution in [1.82, 2.24) is 4.57 Å². The molecule has 1 amide bonds. The molecule has 168 valence electrons. The number of carbonyl (C=O) groups excluding carboxylic acids is 2. The van der Waals surface area contributed by atoms with Crippen LogP contribution >= 0.6 is 15.9 Å². The zero-order chi connectivity index (χ0) is 23.6. The molecule has 0 bridgehead atoms. The highest BCUT2D eigenvalue weighted by Gasteiger charge is 2.30. The topological polar surface area (TPSA) is 65.1 Å². The highest BCUT2D eigenvalue weighted by molar-refractivity contribution is 9.10. The van der Waals surface area contributed by atoms with Gasteiger partial charge in [0.05, 0.1) is 16.7 Å². The number of hydrogen-bond acceptors (Lipinski definition) is 2. The van der Waals surface area contributed by atoms with Gasteiger partial charge in [-0.25, -0.2) is 0 Å².